The van der Waals surface area contributed by atoms with E-state index >= 15 is 0 Å². The number of hydrogen-bond acceptors (Lipinski definition) is 4. The van der Waals surface area contributed by atoms with E-state index in [9.17, 15) is 4.79 Å². The highest BCUT2D eigenvalue weighted by Crippen LogP contribution is 2.16. The van der Waals surface area contributed by atoms with Gasteiger partial charge in [-0.25, -0.2) is 4.98 Å². The molecule has 0 saturated carbocycles. The molecule has 1 aromatic heterocycles. The maximum Gasteiger partial charge on any atom is 0.261 e. The lowest BCUT2D eigenvalue weighted by molar-refractivity contribution is 0.415. The number of aromatic nitrogens is 2. The predicted molar refractivity (Wildman–Crippen MR) is 85.4 cm³/mol. The Labute approximate surface area is 129 Å². The molecule has 1 aliphatic heterocycles. The zero-order valence-corrected chi connectivity index (χ0v) is 12.9. The molecule has 0 unspecified atom stereocenters. The van der Waals surface area contributed by atoms with Crippen LogP contribution in [0.4, 0.5) is 0 Å². The van der Waals surface area contributed by atoms with Gasteiger partial charge in [0.25, 0.3) is 5.56 Å². The van der Waals surface area contributed by atoms with Crippen LogP contribution in [0.2, 0.25) is 0 Å². The number of halogens is 1. The Kier molecular flexibility index (Phi) is 5.20. The van der Waals surface area contributed by atoms with Crippen molar-refractivity contribution in [2.45, 2.75) is 31.8 Å². The highest BCUT2D eigenvalue weighted by Gasteiger charge is 2.14. The molecule has 1 saturated heterocycles. The molecule has 3 rings (SSSR count). The smallest absolute Gasteiger partial charge is 0.261 e. The van der Waals surface area contributed by atoms with Gasteiger partial charge in [0, 0.05) is 12.6 Å². The van der Waals surface area contributed by atoms with Crippen molar-refractivity contribution in [3.8, 4) is 5.75 Å². The van der Waals surface area contributed by atoms with Gasteiger partial charge in [0.2, 0.25) is 0 Å². The molecule has 0 radical (unpaired) electrons. The molecule has 1 aliphatic rings. The van der Waals surface area contributed by atoms with Gasteiger partial charge in [0.05, 0.1) is 24.3 Å². The molecule has 0 aliphatic carbocycles. The summed E-state index contributed by atoms with van der Waals surface area (Å²) in [5.74, 6) is 0.687. The van der Waals surface area contributed by atoms with Crippen LogP contribution in [0.25, 0.3) is 10.9 Å². The van der Waals surface area contributed by atoms with Crippen molar-refractivity contribution in [3.05, 3.63) is 34.9 Å². The fourth-order valence-corrected chi connectivity index (χ4v) is 2.72. The van der Waals surface area contributed by atoms with Crippen molar-refractivity contribution in [3.63, 3.8) is 0 Å². The van der Waals surface area contributed by atoms with Crippen molar-refractivity contribution >= 4 is 23.3 Å². The van der Waals surface area contributed by atoms with Gasteiger partial charge in [-0.05, 0) is 44.0 Å². The Morgan fingerprint density at radius 1 is 1.48 bits per heavy atom. The molecule has 114 valence electrons. The first kappa shape index (κ1) is 15.8. The standard InChI is InChI=1S/C15H19N3O2.ClH/c1-20-12-4-5-14-13(9-12)15(19)18(10-17-14)8-6-11-3-2-7-16-11;/h4-5,9-11,16H,2-3,6-8H2,1H3;1H/t11-;/m0./s1. The summed E-state index contributed by atoms with van der Waals surface area (Å²) in [6.45, 7) is 1.80. The van der Waals surface area contributed by atoms with Crippen LogP contribution >= 0.6 is 12.4 Å². The number of hydrogen-bond donors (Lipinski definition) is 1. The third kappa shape index (κ3) is 3.36. The first-order valence-corrected chi connectivity index (χ1v) is 7.04. The topological polar surface area (TPSA) is 56.1 Å². The summed E-state index contributed by atoms with van der Waals surface area (Å²) in [7, 11) is 1.60. The van der Waals surface area contributed by atoms with Crippen LogP contribution in [0.15, 0.2) is 29.3 Å². The summed E-state index contributed by atoms with van der Waals surface area (Å²) in [6.07, 6.45) is 5.04. The van der Waals surface area contributed by atoms with Crippen LogP contribution in [-0.4, -0.2) is 29.2 Å². The minimum Gasteiger partial charge on any atom is -0.497 e. The van der Waals surface area contributed by atoms with Crippen LogP contribution in [0.3, 0.4) is 0 Å². The SMILES string of the molecule is COc1ccc2ncn(CC[C@@H]3CCCN3)c(=O)c2c1.Cl. The number of nitrogens with zero attached hydrogens (tertiary/aromatic N) is 2. The van der Waals surface area contributed by atoms with Gasteiger partial charge < -0.3 is 10.1 Å². The van der Waals surface area contributed by atoms with E-state index < -0.39 is 0 Å². The summed E-state index contributed by atoms with van der Waals surface area (Å²) in [5.41, 5.74) is 0.720. The van der Waals surface area contributed by atoms with Crippen molar-refractivity contribution in [1.29, 1.82) is 0 Å². The monoisotopic (exact) mass is 309 g/mol. The van der Waals surface area contributed by atoms with E-state index in [0.717, 1.165) is 13.0 Å². The van der Waals surface area contributed by atoms with Crippen LogP contribution in [0.1, 0.15) is 19.3 Å². The number of rotatable bonds is 4. The molecular formula is C15H20ClN3O2. The normalized spacial score (nSPS) is 17.7. The first-order chi connectivity index (χ1) is 9.78. The molecule has 0 amide bonds. The maximum atomic E-state index is 12.4. The fourth-order valence-electron chi connectivity index (χ4n) is 2.72. The number of methoxy groups -OCH3 is 1. The number of ether oxygens (including phenoxy) is 1. The second-order valence-electron chi connectivity index (χ2n) is 5.21. The van der Waals surface area contributed by atoms with Gasteiger partial charge in [-0.2, -0.15) is 0 Å². The Morgan fingerprint density at radius 3 is 3.05 bits per heavy atom. The van der Waals surface area contributed by atoms with E-state index in [1.165, 1.54) is 12.8 Å². The summed E-state index contributed by atoms with van der Waals surface area (Å²) in [6, 6.07) is 5.93. The molecule has 1 fully saturated rings. The maximum absolute atomic E-state index is 12.4. The second kappa shape index (κ2) is 6.91. The number of aryl methyl sites for hydroxylation is 1. The summed E-state index contributed by atoms with van der Waals surface area (Å²) in [4.78, 5) is 16.8. The highest BCUT2D eigenvalue weighted by atomic mass is 35.5. The molecule has 0 spiro atoms. The number of fused-ring (bicyclic) bond motifs is 1. The lowest BCUT2D eigenvalue weighted by Crippen LogP contribution is -2.27. The van der Waals surface area contributed by atoms with Crippen LogP contribution in [-0.2, 0) is 6.54 Å². The molecule has 5 nitrogen and oxygen atoms in total. The Bertz CT molecular complexity index is 666. The van der Waals surface area contributed by atoms with Crippen LogP contribution < -0.4 is 15.6 Å². The number of nitrogens with one attached hydrogen (secondary N) is 1. The highest BCUT2D eigenvalue weighted by molar-refractivity contribution is 5.85. The van der Waals surface area contributed by atoms with E-state index in [2.05, 4.69) is 10.3 Å². The van der Waals surface area contributed by atoms with Gasteiger partial charge in [-0.15, -0.1) is 12.4 Å². The van der Waals surface area contributed by atoms with Gasteiger partial charge >= 0.3 is 0 Å². The molecule has 1 N–H and O–H groups in total. The zero-order chi connectivity index (χ0) is 13.9. The van der Waals surface area contributed by atoms with Crippen molar-refractivity contribution in [1.82, 2.24) is 14.9 Å². The van der Waals surface area contributed by atoms with E-state index in [0.29, 0.717) is 29.2 Å². The third-order valence-corrected chi connectivity index (χ3v) is 3.91. The van der Waals surface area contributed by atoms with Gasteiger partial charge in [-0.3, -0.25) is 9.36 Å². The fraction of sp³-hybridized carbons (Fsp3) is 0.467. The first-order valence-electron chi connectivity index (χ1n) is 7.04. The third-order valence-electron chi connectivity index (χ3n) is 3.91. The zero-order valence-electron chi connectivity index (χ0n) is 12.0. The van der Waals surface area contributed by atoms with E-state index in [4.69, 9.17) is 4.74 Å². The van der Waals surface area contributed by atoms with Crippen molar-refractivity contribution < 1.29 is 4.74 Å². The molecule has 1 atom stereocenters. The lowest BCUT2D eigenvalue weighted by atomic mass is 10.1. The molecule has 1 aromatic carbocycles. The minimum atomic E-state index is 0. The largest absolute Gasteiger partial charge is 0.497 e. The summed E-state index contributed by atoms with van der Waals surface area (Å²) in [5, 5.41) is 4.06. The van der Waals surface area contributed by atoms with Gasteiger partial charge in [0.15, 0.2) is 0 Å². The number of benzene rings is 1. The average molecular weight is 310 g/mol. The molecule has 21 heavy (non-hydrogen) atoms. The van der Waals surface area contributed by atoms with Crippen LogP contribution in [0.5, 0.6) is 5.75 Å². The van der Waals surface area contributed by atoms with Gasteiger partial charge in [-0.1, -0.05) is 0 Å². The van der Waals surface area contributed by atoms with E-state index in [1.54, 1.807) is 24.1 Å². The van der Waals surface area contributed by atoms with E-state index in [1.807, 2.05) is 12.1 Å². The second-order valence-corrected chi connectivity index (χ2v) is 5.21. The minimum absolute atomic E-state index is 0. The Morgan fingerprint density at radius 2 is 2.33 bits per heavy atom. The molecule has 2 aromatic rings. The van der Waals surface area contributed by atoms with Crippen molar-refractivity contribution in [2.75, 3.05) is 13.7 Å². The quantitative estimate of drug-likeness (QED) is 0.938. The molecule has 6 heteroatoms. The molecule has 0 bridgehead atoms. The average Bonchev–Trinajstić information content (AvgIpc) is 3.00. The predicted octanol–water partition coefficient (Wildman–Crippen LogP) is 1.97. The van der Waals surface area contributed by atoms with Gasteiger partial charge in [0.1, 0.15) is 5.75 Å². The molecule has 2 heterocycles. The Hall–Kier alpha value is -1.59. The molecular weight excluding hydrogens is 290 g/mol. The van der Waals surface area contributed by atoms with Crippen LogP contribution in [0, 0.1) is 0 Å². The summed E-state index contributed by atoms with van der Waals surface area (Å²) < 4.78 is 6.87. The summed E-state index contributed by atoms with van der Waals surface area (Å²) >= 11 is 0. The lowest BCUT2D eigenvalue weighted by Gasteiger charge is -2.11. The van der Waals surface area contributed by atoms with Crippen molar-refractivity contribution in [2.24, 2.45) is 0 Å². The van der Waals surface area contributed by atoms with E-state index in [-0.39, 0.29) is 18.0 Å². The Balaban J connectivity index is 0.00000161.